The van der Waals surface area contributed by atoms with Crippen LogP contribution < -0.4 is 9.47 Å². The molecule has 2 rings (SSSR count). The van der Waals surface area contributed by atoms with Crippen molar-refractivity contribution in [2.75, 3.05) is 0 Å². The molecule has 3 nitrogen and oxygen atoms in total. The lowest BCUT2D eigenvalue weighted by Crippen LogP contribution is -2.17. The third kappa shape index (κ3) is 4.52. The molecule has 0 aliphatic carbocycles. The predicted molar refractivity (Wildman–Crippen MR) is 69.3 cm³/mol. The van der Waals surface area contributed by atoms with Gasteiger partial charge in [0.05, 0.1) is 5.56 Å². The van der Waals surface area contributed by atoms with Crippen LogP contribution in [0.3, 0.4) is 0 Å². The minimum atomic E-state index is -4.80. The number of ether oxygens (including phenoxy) is 2. The van der Waals surface area contributed by atoms with Gasteiger partial charge in [0, 0.05) is 0 Å². The van der Waals surface area contributed by atoms with Gasteiger partial charge in [-0.15, -0.1) is 13.2 Å². The Hall–Kier alpha value is -2.50. The second kappa shape index (κ2) is 6.30. The first-order valence-electron chi connectivity index (χ1n) is 5.99. The first kappa shape index (κ1) is 14.9. The van der Waals surface area contributed by atoms with Crippen LogP contribution in [-0.4, -0.2) is 12.6 Å². The van der Waals surface area contributed by atoms with Crippen LogP contribution in [-0.2, 0) is 6.61 Å². The quantitative estimate of drug-likeness (QED) is 0.783. The van der Waals surface area contributed by atoms with Crippen LogP contribution in [0.2, 0.25) is 0 Å². The van der Waals surface area contributed by atoms with Gasteiger partial charge in [-0.3, -0.25) is 4.79 Å². The molecule has 6 heteroatoms. The fourth-order valence-electron chi connectivity index (χ4n) is 1.68. The van der Waals surface area contributed by atoms with Crippen LogP contribution in [0, 0.1) is 0 Å². The van der Waals surface area contributed by atoms with Crippen LogP contribution in [0.25, 0.3) is 0 Å². The Labute approximate surface area is 118 Å². The van der Waals surface area contributed by atoms with E-state index in [0.29, 0.717) is 6.29 Å². The maximum absolute atomic E-state index is 12.1. The van der Waals surface area contributed by atoms with Crippen molar-refractivity contribution in [2.24, 2.45) is 0 Å². The van der Waals surface area contributed by atoms with Gasteiger partial charge in [0.25, 0.3) is 0 Å². The van der Waals surface area contributed by atoms with Crippen molar-refractivity contribution in [1.82, 2.24) is 0 Å². The second-order valence-corrected chi connectivity index (χ2v) is 4.14. The van der Waals surface area contributed by atoms with Gasteiger partial charge in [-0.25, -0.2) is 0 Å². The molecule has 0 saturated carbocycles. The molecule has 0 heterocycles. The number of rotatable bonds is 5. The van der Waals surface area contributed by atoms with E-state index in [1.54, 1.807) is 0 Å². The van der Waals surface area contributed by atoms with Crippen molar-refractivity contribution >= 4 is 6.29 Å². The highest BCUT2D eigenvalue weighted by molar-refractivity contribution is 5.80. The van der Waals surface area contributed by atoms with E-state index in [0.717, 1.165) is 17.7 Å². The van der Waals surface area contributed by atoms with Crippen LogP contribution in [0.15, 0.2) is 48.5 Å². The number of hydrogen-bond donors (Lipinski definition) is 0. The van der Waals surface area contributed by atoms with Crippen molar-refractivity contribution in [1.29, 1.82) is 0 Å². The van der Waals surface area contributed by atoms with Gasteiger partial charge < -0.3 is 9.47 Å². The predicted octanol–water partition coefficient (Wildman–Crippen LogP) is 3.98. The van der Waals surface area contributed by atoms with E-state index in [-0.39, 0.29) is 17.9 Å². The molecular formula is C15H11F3O3. The Morgan fingerprint density at radius 1 is 1.05 bits per heavy atom. The number of carbonyl (C=O) groups is 1. The van der Waals surface area contributed by atoms with Gasteiger partial charge in [-0.2, -0.15) is 0 Å². The average Bonchev–Trinajstić information content (AvgIpc) is 2.45. The number of benzene rings is 2. The molecule has 0 fully saturated rings. The van der Waals surface area contributed by atoms with E-state index < -0.39 is 12.1 Å². The normalized spacial score (nSPS) is 11.0. The largest absolute Gasteiger partial charge is 0.573 e. The summed E-state index contributed by atoms with van der Waals surface area (Å²) in [5.41, 5.74) is 0.873. The molecule has 0 aromatic heterocycles. The number of carbonyl (C=O) groups excluding carboxylic acids is 1. The van der Waals surface area contributed by atoms with E-state index in [1.807, 2.05) is 30.3 Å². The van der Waals surface area contributed by atoms with Gasteiger partial charge in [0.2, 0.25) is 0 Å². The maximum atomic E-state index is 12.1. The average molecular weight is 296 g/mol. The molecule has 21 heavy (non-hydrogen) atoms. The topological polar surface area (TPSA) is 35.5 Å². The van der Waals surface area contributed by atoms with Crippen molar-refractivity contribution < 1.29 is 27.4 Å². The molecule has 0 saturated heterocycles. The van der Waals surface area contributed by atoms with Crippen molar-refractivity contribution in [3.05, 3.63) is 59.7 Å². The highest BCUT2D eigenvalue weighted by Gasteiger charge is 2.31. The summed E-state index contributed by atoms with van der Waals surface area (Å²) in [6, 6.07) is 12.5. The monoisotopic (exact) mass is 296 g/mol. The number of alkyl halides is 3. The maximum Gasteiger partial charge on any atom is 0.573 e. The summed E-state index contributed by atoms with van der Waals surface area (Å²) in [6.07, 6.45) is -4.38. The zero-order chi connectivity index (χ0) is 15.3. The Balaban J connectivity index is 2.11. The Morgan fingerprint density at radius 2 is 1.76 bits per heavy atom. The fourth-order valence-corrected chi connectivity index (χ4v) is 1.68. The van der Waals surface area contributed by atoms with E-state index in [1.165, 1.54) is 6.07 Å². The molecular weight excluding hydrogens is 285 g/mol. The molecule has 0 spiro atoms. The van der Waals surface area contributed by atoms with Crippen LogP contribution in [0.5, 0.6) is 11.5 Å². The third-order valence-corrected chi connectivity index (χ3v) is 2.58. The minimum absolute atomic E-state index is 0.00678. The Morgan fingerprint density at radius 3 is 2.38 bits per heavy atom. The highest BCUT2D eigenvalue weighted by atomic mass is 19.4. The first-order chi connectivity index (χ1) is 9.98. The summed E-state index contributed by atoms with van der Waals surface area (Å²) in [7, 11) is 0. The standard InChI is InChI=1S/C15H11F3O3/c16-15(17,18)21-13-6-7-14(12(8-13)9-19)20-10-11-4-2-1-3-5-11/h1-9H,10H2. The molecule has 0 bridgehead atoms. The zero-order valence-electron chi connectivity index (χ0n) is 10.8. The summed E-state index contributed by atoms with van der Waals surface area (Å²) in [5, 5.41) is 0. The Bertz CT molecular complexity index is 609. The molecule has 0 N–H and O–H groups in total. The number of hydrogen-bond acceptors (Lipinski definition) is 3. The molecule has 2 aromatic carbocycles. The van der Waals surface area contributed by atoms with Gasteiger partial charge in [-0.1, -0.05) is 30.3 Å². The van der Waals surface area contributed by atoms with Crippen molar-refractivity contribution in [3.63, 3.8) is 0 Å². The molecule has 0 aliphatic rings. The van der Waals surface area contributed by atoms with Crippen LogP contribution in [0.4, 0.5) is 13.2 Å². The summed E-state index contributed by atoms with van der Waals surface area (Å²) in [4.78, 5) is 10.9. The lowest BCUT2D eigenvalue weighted by Gasteiger charge is -2.12. The first-order valence-corrected chi connectivity index (χ1v) is 5.99. The molecule has 0 atom stereocenters. The third-order valence-electron chi connectivity index (χ3n) is 2.58. The lowest BCUT2D eigenvalue weighted by molar-refractivity contribution is -0.274. The van der Waals surface area contributed by atoms with E-state index in [4.69, 9.17) is 4.74 Å². The lowest BCUT2D eigenvalue weighted by atomic mass is 10.2. The number of aldehydes is 1. The summed E-state index contributed by atoms with van der Waals surface area (Å²) in [5.74, 6) is -0.264. The van der Waals surface area contributed by atoms with Gasteiger partial charge in [-0.05, 0) is 23.8 Å². The second-order valence-electron chi connectivity index (χ2n) is 4.14. The summed E-state index contributed by atoms with van der Waals surface area (Å²) >= 11 is 0. The van der Waals surface area contributed by atoms with Crippen molar-refractivity contribution in [3.8, 4) is 11.5 Å². The molecule has 0 amide bonds. The van der Waals surface area contributed by atoms with E-state index in [2.05, 4.69) is 4.74 Å². The van der Waals surface area contributed by atoms with E-state index in [9.17, 15) is 18.0 Å². The fraction of sp³-hybridized carbons (Fsp3) is 0.133. The molecule has 0 aliphatic heterocycles. The van der Waals surface area contributed by atoms with Crippen LogP contribution >= 0.6 is 0 Å². The molecule has 2 aromatic rings. The molecule has 110 valence electrons. The number of halogens is 3. The summed E-state index contributed by atoms with van der Waals surface area (Å²) < 4.78 is 45.5. The zero-order valence-corrected chi connectivity index (χ0v) is 10.8. The van der Waals surface area contributed by atoms with E-state index >= 15 is 0 Å². The SMILES string of the molecule is O=Cc1cc(OC(F)(F)F)ccc1OCc1ccccc1. The minimum Gasteiger partial charge on any atom is -0.488 e. The van der Waals surface area contributed by atoms with Crippen LogP contribution in [0.1, 0.15) is 15.9 Å². The smallest absolute Gasteiger partial charge is 0.488 e. The van der Waals surface area contributed by atoms with Gasteiger partial charge in [0.1, 0.15) is 18.1 Å². The molecule has 0 unspecified atom stereocenters. The summed E-state index contributed by atoms with van der Waals surface area (Å²) in [6.45, 7) is 0.209. The Kier molecular flexibility index (Phi) is 4.47. The van der Waals surface area contributed by atoms with Gasteiger partial charge in [0.15, 0.2) is 6.29 Å². The van der Waals surface area contributed by atoms with Gasteiger partial charge >= 0.3 is 6.36 Å². The van der Waals surface area contributed by atoms with Crippen molar-refractivity contribution in [2.45, 2.75) is 13.0 Å². The molecule has 0 radical (unpaired) electrons. The highest BCUT2D eigenvalue weighted by Crippen LogP contribution is 2.28.